The van der Waals surface area contributed by atoms with Crippen molar-refractivity contribution in [3.63, 3.8) is 0 Å². The molecule has 1 amide bonds. The minimum Gasteiger partial charge on any atom is -0.381 e. The van der Waals surface area contributed by atoms with Crippen LogP contribution in [0.4, 0.5) is 4.39 Å². The van der Waals surface area contributed by atoms with Gasteiger partial charge in [0.25, 0.3) is 5.91 Å². The number of carbonyl (C=O) groups is 1. The van der Waals surface area contributed by atoms with Crippen LogP contribution in [0.1, 0.15) is 69.7 Å². The highest BCUT2D eigenvalue weighted by molar-refractivity contribution is 6.31. The largest absolute Gasteiger partial charge is 0.381 e. The zero-order chi connectivity index (χ0) is 26.8. The zero-order valence-electron chi connectivity index (χ0n) is 22.2. The van der Waals surface area contributed by atoms with Gasteiger partial charge in [-0.25, -0.2) is 4.39 Å². The Labute approximate surface area is 215 Å². The number of hydrogen-bond acceptors (Lipinski definition) is 3. The molecule has 6 heteroatoms. The van der Waals surface area contributed by atoms with E-state index in [2.05, 4.69) is 13.8 Å². The first kappa shape index (κ1) is 30.6. The summed E-state index contributed by atoms with van der Waals surface area (Å²) in [7, 11) is 0. The van der Waals surface area contributed by atoms with Gasteiger partial charge < -0.3 is 10.0 Å². The fourth-order valence-corrected chi connectivity index (χ4v) is 4.17. The van der Waals surface area contributed by atoms with Crippen LogP contribution in [0.5, 0.6) is 0 Å². The van der Waals surface area contributed by atoms with Gasteiger partial charge in [0.05, 0.1) is 10.6 Å². The molecule has 1 saturated heterocycles. The van der Waals surface area contributed by atoms with Gasteiger partial charge in [-0.15, -0.1) is 0 Å². The maximum atomic E-state index is 12.5. The van der Waals surface area contributed by atoms with Crippen LogP contribution in [0.15, 0.2) is 36.4 Å². The van der Waals surface area contributed by atoms with Gasteiger partial charge in [0, 0.05) is 13.1 Å². The van der Waals surface area contributed by atoms with E-state index in [-0.39, 0.29) is 11.7 Å². The molecule has 4 nitrogen and oxygen atoms in total. The third kappa shape index (κ3) is 9.99. The lowest BCUT2D eigenvalue weighted by Gasteiger charge is -2.25. The highest BCUT2D eigenvalue weighted by atomic mass is 35.5. The van der Waals surface area contributed by atoms with Crippen molar-refractivity contribution in [2.45, 2.75) is 73.3 Å². The molecule has 1 heterocycles. The third-order valence-corrected chi connectivity index (χ3v) is 6.73. The van der Waals surface area contributed by atoms with E-state index in [0.717, 1.165) is 43.5 Å². The first-order valence-electron chi connectivity index (χ1n) is 12.3. The average molecular weight is 503 g/mol. The van der Waals surface area contributed by atoms with E-state index in [1.54, 1.807) is 36.9 Å². The van der Waals surface area contributed by atoms with Crippen LogP contribution < -0.4 is 0 Å². The summed E-state index contributed by atoms with van der Waals surface area (Å²) in [6.07, 6.45) is 3.15. The van der Waals surface area contributed by atoms with Crippen LogP contribution in [-0.2, 0) is 11.2 Å². The Morgan fingerprint density at radius 1 is 1.26 bits per heavy atom. The number of rotatable bonds is 4. The van der Waals surface area contributed by atoms with Crippen molar-refractivity contribution < 1.29 is 14.3 Å². The molecule has 1 aliphatic rings. The summed E-state index contributed by atoms with van der Waals surface area (Å²) in [4.78, 5) is 13.6. The summed E-state index contributed by atoms with van der Waals surface area (Å²) in [6, 6.07) is 12.3. The van der Waals surface area contributed by atoms with Gasteiger partial charge in [0.2, 0.25) is 0 Å². The highest BCUT2D eigenvalue weighted by Gasteiger charge is 2.35. The second-order valence-electron chi connectivity index (χ2n) is 9.76. The topological polar surface area (TPSA) is 64.3 Å². The summed E-state index contributed by atoms with van der Waals surface area (Å²) in [6.45, 7) is 15.1. The fourth-order valence-electron chi connectivity index (χ4n) is 3.89. The zero-order valence-corrected chi connectivity index (χ0v) is 22.9. The van der Waals surface area contributed by atoms with E-state index in [1.165, 1.54) is 11.6 Å². The van der Waals surface area contributed by atoms with Gasteiger partial charge in [0.1, 0.15) is 17.5 Å². The van der Waals surface area contributed by atoms with Crippen molar-refractivity contribution in [1.29, 1.82) is 5.26 Å². The Hall–Kier alpha value is -2.42. The average Bonchev–Trinajstić information content (AvgIpc) is 3.30. The lowest BCUT2D eigenvalue weighted by atomic mass is 9.91. The van der Waals surface area contributed by atoms with Crippen molar-refractivity contribution >= 4 is 17.5 Å². The predicted molar refractivity (Wildman–Crippen MR) is 142 cm³/mol. The summed E-state index contributed by atoms with van der Waals surface area (Å²) in [5.41, 5.74) is 2.66. The van der Waals surface area contributed by atoms with Gasteiger partial charge in [-0.2, -0.15) is 5.26 Å². The van der Waals surface area contributed by atoms with E-state index in [9.17, 15) is 14.3 Å². The van der Waals surface area contributed by atoms with Crippen LogP contribution in [-0.4, -0.2) is 34.6 Å². The predicted octanol–water partition coefficient (Wildman–Crippen LogP) is 6.87. The maximum Gasteiger partial charge on any atom is 0.253 e. The quantitative estimate of drug-likeness (QED) is 0.496. The van der Waals surface area contributed by atoms with Crippen molar-refractivity contribution in [3.8, 4) is 6.07 Å². The number of likely N-dealkylation sites (tertiary alicyclic amines) is 1. The highest BCUT2D eigenvalue weighted by Crippen LogP contribution is 2.27. The molecule has 3 rings (SSSR count). The number of aliphatic hydroxyl groups is 1. The second-order valence-corrected chi connectivity index (χ2v) is 10.2. The first-order chi connectivity index (χ1) is 16.3. The molecular weight excluding hydrogens is 463 g/mol. The molecule has 0 aromatic heterocycles. The van der Waals surface area contributed by atoms with Gasteiger partial charge in [-0.05, 0) is 93.3 Å². The van der Waals surface area contributed by atoms with E-state index >= 15 is 0 Å². The normalized spacial score (nSPS) is 15.8. The fraction of sp³-hybridized carbons (Fsp3) is 0.517. The molecule has 1 aliphatic heterocycles. The van der Waals surface area contributed by atoms with Crippen molar-refractivity contribution in [1.82, 2.24) is 4.90 Å². The summed E-state index contributed by atoms with van der Waals surface area (Å²) < 4.78 is 12.5. The lowest BCUT2D eigenvalue weighted by Crippen LogP contribution is -2.44. The molecule has 2 atom stereocenters. The van der Waals surface area contributed by atoms with Crippen LogP contribution in [0.3, 0.4) is 0 Å². The number of carbonyl (C=O) groups excluding carboxylic acids is 1. The Bertz CT molecular complexity index is 1000. The molecule has 192 valence electrons. The van der Waals surface area contributed by atoms with Gasteiger partial charge in [0.15, 0.2) is 0 Å². The Morgan fingerprint density at radius 2 is 1.91 bits per heavy atom. The van der Waals surface area contributed by atoms with Gasteiger partial charge >= 0.3 is 0 Å². The number of nitrogens with zero attached hydrogens (tertiary/aromatic N) is 2. The minimum absolute atomic E-state index is 0.131. The molecule has 35 heavy (non-hydrogen) atoms. The van der Waals surface area contributed by atoms with Crippen molar-refractivity contribution in [3.05, 3.63) is 69.5 Å². The number of aryl methyl sites for hydroxylation is 3. The number of nitriles is 1. The lowest BCUT2D eigenvalue weighted by molar-refractivity contribution is -0.146. The molecular formula is C29H40ClFN2O2. The summed E-state index contributed by atoms with van der Waals surface area (Å²) >= 11 is 5.71. The van der Waals surface area contributed by atoms with Crippen molar-refractivity contribution in [2.24, 2.45) is 11.8 Å². The van der Waals surface area contributed by atoms with Crippen LogP contribution >= 0.6 is 11.6 Å². The number of halogens is 2. The SMILES string of the molecule is CCC(C)C1CCN(C(=O)C(C)(C)O)C1.CCc1cc(F)ccc1C.Cc1ccc(C#N)c(Cl)c1. The molecule has 0 aliphatic carbocycles. The molecule has 1 N–H and O–H groups in total. The van der Waals surface area contributed by atoms with Crippen LogP contribution in [0.25, 0.3) is 0 Å². The molecule has 0 saturated carbocycles. The number of benzene rings is 2. The monoisotopic (exact) mass is 502 g/mol. The Balaban J connectivity index is 0.000000271. The second kappa shape index (κ2) is 14.2. The molecule has 2 aromatic rings. The Kier molecular flexibility index (Phi) is 12.4. The van der Waals surface area contributed by atoms with Crippen LogP contribution in [0.2, 0.25) is 5.02 Å². The number of hydrogen-bond donors (Lipinski definition) is 1. The smallest absolute Gasteiger partial charge is 0.253 e. The van der Waals surface area contributed by atoms with Crippen LogP contribution in [0, 0.1) is 42.8 Å². The first-order valence-corrected chi connectivity index (χ1v) is 12.6. The van der Waals surface area contributed by atoms with Gasteiger partial charge in [-0.1, -0.05) is 50.9 Å². The van der Waals surface area contributed by atoms with E-state index < -0.39 is 5.60 Å². The molecule has 2 aromatic carbocycles. The molecule has 1 fully saturated rings. The van der Waals surface area contributed by atoms with Crippen molar-refractivity contribution in [2.75, 3.05) is 13.1 Å². The standard InChI is InChI=1S/C12H23NO2.C9H11F.C8H6ClN/c1-5-9(2)10-6-7-13(8-10)11(14)12(3,4)15;1-3-8-6-9(10)5-4-7(8)2;1-6-2-3-7(5-10)8(9)4-6/h9-10,15H,5-8H2,1-4H3;4-6H,3H2,1-2H3;2-4H,1H3. The molecule has 0 spiro atoms. The maximum absolute atomic E-state index is 12.5. The summed E-state index contributed by atoms with van der Waals surface area (Å²) in [5, 5.41) is 18.6. The van der Waals surface area contributed by atoms with Gasteiger partial charge in [-0.3, -0.25) is 4.79 Å². The minimum atomic E-state index is -1.22. The summed E-state index contributed by atoms with van der Waals surface area (Å²) in [5.74, 6) is 1.02. The van der Waals surface area contributed by atoms with E-state index in [0.29, 0.717) is 22.4 Å². The van der Waals surface area contributed by atoms with E-state index in [1.807, 2.05) is 39.0 Å². The van der Waals surface area contributed by atoms with E-state index in [4.69, 9.17) is 16.9 Å². The molecule has 0 radical (unpaired) electrons. The third-order valence-electron chi connectivity index (χ3n) is 6.42. The Morgan fingerprint density at radius 3 is 2.40 bits per heavy atom. The molecule has 0 bridgehead atoms. The number of amides is 1. The molecule has 2 unspecified atom stereocenters.